The van der Waals surface area contributed by atoms with Crippen LogP contribution in [0.4, 0.5) is 5.69 Å². The van der Waals surface area contributed by atoms with Gasteiger partial charge in [0, 0.05) is 12.1 Å². The number of amides is 4. The third-order valence-electron chi connectivity index (χ3n) is 8.57. The molecule has 0 aliphatic carbocycles. The van der Waals surface area contributed by atoms with Crippen molar-refractivity contribution in [2.75, 3.05) is 46.8 Å². The molecule has 16 nitrogen and oxygen atoms in total. The standard InChI is InChI=1S/C40H54N8O8/c1-25(36(49)48-31-22-26(18-19-32(31)53-2)16-17-27-23-33(54-3)35(56-5)34(24-27)55-4)45-38(51)30(15-11-21-44-40(42)43)47-39(52)29(14-9-10-20-41)46-37(50)28-12-7-6-8-13-28/h6-8,12-13,16-19,22-25,29-30H,9-11,14-15,20-21,41H2,1-5H3,(H,45,51)(H,46,50)(H,47,52)(H,48,49)(H4,42,43,44)/b17-16-/t25-,29-,30-/m0/s1. The highest BCUT2D eigenvalue weighted by Crippen LogP contribution is 2.38. The Labute approximate surface area is 327 Å². The van der Waals surface area contributed by atoms with Crippen molar-refractivity contribution in [2.45, 2.75) is 57.2 Å². The highest BCUT2D eigenvalue weighted by Gasteiger charge is 2.29. The Morgan fingerprint density at radius 3 is 1.91 bits per heavy atom. The number of anilines is 1. The Morgan fingerprint density at radius 1 is 0.696 bits per heavy atom. The predicted molar refractivity (Wildman–Crippen MR) is 217 cm³/mol. The zero-order chi connectivity index (χ0) is 41.0. The van der Waals surface area contributed by atoms with Crippen LogP contribution in [0.3, 0.4) is 0 Å². The number of rotatable bonds is 22. The van der Waals surface area contributed by atoms with Gasteiger partial charge in [0.15, 0.2) is 17.5 Å². The third-order valence-corrected chi connectivity index (χ3v) is 8.57. The molecule has 0 spiro atoms. The van der Waals surface area contributed by atoms with Crippen molar-refractivity contribution < 1.29 is 38.1 Å². The fraction of sp³-hybridized carbons (Fsp3) is 0.375. The van der Waals surface area contributed by atoms with Crippen LogP contribution in [0, 0.1) is 0 Å². The summed E-state index contributed by atoms with van der Waals surface area (Å²) in [7, 11) is 6.08. The van der Waals surface area contributed by atoms with Gasteiger partial charge in [0.25, 0.3) is 5.91 Å². The summed E-state index contributed by atoms with van der Waals surface area (Å²) in [5, 5.41) is 11.1. The number of ether oxygens (including phenoxy) is 4. The van der Waals surface area contributed by atoms with E-state index in [-0.39, 0.29) is 18.9 Å². The van der Waals surface area contributed by atoms with Crippen LogP contribution in [0.15, 0.2) is 65.7 Å². The monoisotopic (exact) mass is 774 g/mol. The number of nitrogens with one attached hydrogen (secondary N) is 4. The first kappa shape index (κ1) is 44.1. The van der Waals surface area contributed by atoms with Gasteiger partial charge in [-0.05, 0) is 93.1 Å². The summed E-state index contributed by atoms with van der Waals surface area (Å²) in [4.78, 5) is 57.7. The molecule has 16 heteroatoms. The molecule has 4 amide bonds. The van der Waals surface area contributed by atoms with Crippen LogP contribution in [-0.2, 0) is 14.4 Å². The lowest BCUT2D eigenvalue weighted by Crippen LogP contribution is -2.55. The first-order chi connectivity index (χ1) is 26.9. The van der Waals surface area contributed by atoms with Crippen LogP contribution in [-0.4, -0.2) is 89.2 Å². The van der Waals surface area contributed by atoms with Crippen LogP contribution in [0.5, 0.6) is 23.0 Å². The number of carbonyl (C=O) groups is 4. The molecule has 3 rings (SSSR count). The summed E-state index contributed by atoms with van der Waals surface area (Å²) in [6, 6.07) is 14.2. The maximum absolute atomic E-state index is 13.7. The van der Waals surface area contributed by atoms with E-state index in [2.05, 4.69) is 26.3 Å². The second-order valence-electron chi connectivity index (χ2n) is 12.7. The van der Waals surface area contributed by atoms with Crippen molar-refractivity contribution >= 4 is 47.4 Å². The SMILES string of the molecule is COc1ccc(/C=C\c2cc(OC)c(OC)c(OC)c2)cc1NC(=O)[C@H](C)NC(=O)[C@H](CCCN=C(N)N)NC(=O)[C@H](CCCCN)NC(=O)c1ccccc1. The quantitative estimate of drug-likeness (QED) is 0.0339. The second kappa shape index (κ2) is 22.8. The molecule has 56 heavy (non-hydrogen) atoms. The van der Waals surface area contributed by atoms with E-state index < -0.39 is 41.8 Å². The Balaban J connectivity index is 1.77. The maximum Gasteiger partial charge on any atom is 0.251 e. The van der Waals surface area contributed by atoms with Crippen LogP contribution < -0.4 is 57.4 Å². The van der Waals surface area contributed by atoms with Crippen LogP contribution in [0.2, 0.25) is 0 Å². The molecule has 0 bridgehead atoms. The topological polar surface area (TPSA) is 244 Å². The van der Waals surface area contributed by atoms with E-state index in [0.717, 1.165) is 11.1 Å². The normalized spacial score (nSPS) is 12.4. The molecule has 3 aromatic rings. The summed E-state index contributed by atoms with van der Waals surface area (Å²) in [6.45, 7) is 2.13. The first-order valence-corrected chi connectivity index (χ1v) is 18.1. The van der Waals surface area contributed by atoms with Crippen molar-refractivity contribution in [1.82, 2.24) is 16.0 Å². The summed E-state index contributed by atoms with van der Waals surface area (Å²) in [5.41, 5.74) is 18.9. The number of benzene rings is 3. The minimum Gasteiger partial charge on any atom is -0.495 e. The fourth-order valence-corrected chi connectivity index (χ4v) is 5.57. The van der Waals surface area contributed by atoms with E-state index in [9.17, 15) is 19.2 Å². The number of nitrogens with zero attached hydrogens (tertiary/aromatic N) is 1. The Morgan fingerprint density at radius 2 is 1.30 bits per heavy atom. The van der Waals surface area contributed by atoms with E-state index in [1.807, 2.05) is 18.2 Å². The van der Waals surface area contributed by atoms with E-state index >= 15 is 0 Å². The van der Waals surface area contributed by atoms with Gasteiger partial charge >= 0.3 is 0 Å². The lowest BCUT2D eigenvalue weighted by atomic mass is 10.1. The van der Waals surface area contributed by atoms with Gasteiger partial charge in [0.05, 0.1) is 34.1 Å². The number of aliphatic imine (C=N–C) groups is 1. The van der Waals surface area contributed by atoms with Crippen molar-refractivity contribution in [2.24, 2.45) is 22.2 Å². The fourth-order valence-electron chi connectivity index (χ4n) is 5.57. The minimum atomic E-state index is -1.09. The molecular formula is C40H54N8O8. The van der Waals surface area contributed by atoms with E-state index in [0.29, 0.717) is 66.5 Å². The number of hydrogen-bond donors (Lipinski definition) is 7. The van der Waals surface area contributed by atoms with Gasteiger partial charge in [0.1, 0.15) is 23.9 Å². The van der Waals surface area contributed by atoms with Gasteiger partial charge in [0.2, 0.25) is 23.5 Å². The molecule has 0 aliphatic rings. The average molecular weight is 775 g/mol. The van der Waals surface area contributed by atoms with Crippen molar-refractivity contribution in [3.05, 3.63) is 77.4 Å². The van der Waals surface area contributed by atoms with E-state index in [1.165, 1.54) is 35.4 Å². The van der Waals surface area contributed by atoms with E-state index in [1.54, 1.807) is 54.6 Å². The minimum absolute atomic E-state index is 0.111. The van der Waals surface area contributed by atoms with Gasteiger partial charge in [-0.2, -0.15) is 0 Å². The largest absolute Gasteiger partial charge is 0.495 e. The number of unbranched alkanes of at least 4 members (excludes halogenated alkanes) is 1. The molecule has 0 aromatic heterocycles. The predicted octanol–water partition coefficient (Wildman–Crippen LogP) is 2.80. The molecule has 302 valence electrons. The average Bonchev–Trinajstić information content (AvgIpc) is 3.20. The van der Waals surface area contributed by atoms with Gasteiger partial charge < -0.3 is 57.4 Å². The third kappa shape index (κ3) is 13.5. The Kier molecular flexibility index (Phi) is 18.0. The number of nitrogens with two attached hydrogens (primary N) is 3. The highest BCUT2D eigenvalue weighted by atomic mass is 16.5. The van der Waals surface area contributed by atoms with Crippen molar-refractivity contribution in [1.29, 1.82) is 0 Å². The summed E-state index contributed by atoms with van der Waals surface area (Å²) in [6.07, 6.45) is 5.64. The van der Waals surface area contributed by atoms with Gasteiger partial charge in [-0.25, -0.2) is 0 Å². The Hall–Kier alpha value is -6.29. The first-order valence-electron chi connectivity index (χ1n) is 18.1. The zero-order valence-corrected chi connectivity index (χ0v) is 32.6. The smallest absolute Gasteiger partial charge is 0.251 e. The molecule has 0 heterocycles. The maximum atomic E-state index is 13.7. The van der Waals surface area contributed by atoms with Crippen LogP contribution in [0.1, 0.15) is 60.5 Å². The number of guanidine groups is 1. The van der Waals surface area contributed by atoms with Gasteiger partial charge in [-0.3, -0.25) is 24.2 Å². The van der Waals surface area contributed by atoms with Crippen molar-refractivity contribution in [3.8, 4) is 23.0 Å². The molecule has 0 saturated heterocycles. The molecule has 0 saturated carbocycles. The second-order valence-corrected chi connectivity index (χ2v) is 12.7. The zero-order valence-electron chi connectivity index (χ0n) is 32.6. The molecular weight excluding hydrogens is 720 g/mol. The number of methoxy groups -OCH3 is 4. The Bertz CT molecular complexity index is 1810. The van der Waals surface area contributed by atoms with E-state index in [4.69, 9.17) is 36.1 Å². The molecule has 0 fully saturated rings. The van der Waals surface area contributed by atoms with Gasteiger partial charge in [-0.1, -0.05) is 36.4 Å². The molecule has 0 unspecified atom stereocenters. The molecule has 3 aromatic carbocycles. The van der Waals surface area contributed by atoms with Crippen LogP contribution in [0.25, 0.3) is 12.2 Å². The van der Waals surface area contributed by atoms with Gasteiger partial charge in [-0.15, -0.1) is 0 Å². The summed E-state index contributed by atoms with van der Waals surface area (Å²) < 4.78 is 21.8. The lowest BCUT2D eigenvalue weighted by molar-refractivity contribution is -0.131. The van der Waals surface area contributed by atoms with Crippen LogP contribution >= 0.6 is 0 Å². The molecule has 10 N–H and O–H groups in total. The number of carbonyl (C=O) groups excluding carboxylic acids is 4. The van der Waals surface area contributed by atoms with Crippen molar-refractivity contribution in [3.63, 3.8) is 0 Å². The molecule has 3 atom stereocenters. The highest BCUT2D eigenvalue weighted by molar-refractivity contribution is 6.00. The summed E-state index contributed by atoms with van der Waals surface area (Å²) in [5.74, 6) is -0.406. The number of hydrogen-bond acceptors (Lipinski definition) is 10. The lowest BCUT2D eigenvalue weighted by Gasteiger charge is -2.24. The molecule has 0 aliphatic heterocycles. The summed E-state index contributed by atoms with van der Waals surface area (Å²) >= 11 is 0. The molecule has 0 radical (unpaired) electrons.